The highest BCUT2D eigenvalue weighted by molar-refractivity contribution is 9.11. The van der Waals surface area contributed by atoms with Crippen LogP contribution in [0.4, 0.5) is 5.69 Å². The Kier molecular flexibility index (Phi) is 5.68. The number of anilines is 1. The molecule has 0 saturated heterocycles. The number of phenols is 1. The molecule has 1 unspecified atom stereocenters. The van der Waals surface area contributed by atoms with Crippen LogP contribution < -0.4 is 5.32 Å². The minimum Gasteiger partial charge on any atom is -0.506 e. The van der Waals surface area contributed by atoms with Gasteiger partial charge >= 0.3 is 0 Å². The van der Waals surface area contributed by atoms with Crippen molar-refractivity contribution in [2.75, 3.05) is 5.32 Å². The number of aromatic hydroxyl groups is 1. The van der Waals surface area contributed by atoms with Crippen LogP contribution >= 0.6 is 31.9 Å². The number of carbonyl (C=O) groups is 3. The fourth-order valence-corrected chi connectivity index (χ4v) is 4.66. The number of hydrogen-bond acceptors (Lipinski definition) is 4. The second kappa shape index (κ2) is 8.28. The van der Waals surface area contributed by atoms with Gasteiger partial charge in [0.05, 0.1) is 26.1 Å². The molecule has 0 fully saturated rings. The summed E-state index contributed by atoms with van der Waals surface area (Å²) in [7, 11) is 0. The van der Waals surface area contributed by atoms with Gasteiger partial charge in [0, 0.05) is 11.3 Å². The molecule has 0 saturated carbocycles. The predicted octanol–water partition coefficient (Wildman–Crippen LogP) is 5.53. The summed E-state index contributed by atoms with van der Waals surface area (Å²) in [5.74, 6) is -1.23. The molecule has 1 aliphatic rings. The van der Waals surface area contributed by atoms with Crippen molar-refractivity contribution >= 4 is 55.3 Å². The Hall–Kier alpha value is -2.97. The molecule has 3 aromatic rings. The molecule has 0 aliphatic carbocycles. The second-order valence-corrected chi connectivity index (χ2v) is 8.78. The van der Waals surface area contributed by atoms with Crippen LogP contribution in [0.3, 0.4) is 0 Å². The molecule has 1 heterocycles. The number of fused-ring (bicyclic) bond motifs is 1. The Bertz CT molecular complexity index is 1200. The number of hydrogen-bond donors (Lipinski definition) is 2. The molecule has 156 valence electrons. The van der Waals surface area contributed by atoms with Gasteiger partial charge in [0.1, 0.15) is 5.75 Å². The van der Waals surface area contributed by atoms with Crippen LogP contribution in [0.2, 0.25) is 0 Å². The molecular weight excluding hydrogens is 528 g/mol. The maximum Gasteiger partial charge on any atom is 0.262 e. The topological polar surface area (TPSA) is 86.7 Å². The van der Waals surface area contributed by atoms with Gasteiger partial charge in [-0.3, -0.25) is 19.3 Å². The van der Waals surface area contributed by atoms with Gasteiger partial charge in [0.2, 0.25) is 0 Å². The second-order valence-electron chi connectivity index (χ2n) is 7.07. The molecule has 6 nitrogen and oxygen atoms in total. The first-order valence-electron chi connectivity index (χ1n) is 9.34. The number of benzene rings is 3. The van der Waals surface area contributed by atoms with Crippen LogP contribution in [0.25, 0.3) is 0 Å². The Morgan fingerprint density at radius 2 is 1.55 bits per heavy atom. The molecule has 0 bridgehead atoms. The maximum absolute atomic E-state index is 13.0. The van der Waals surface area contributed by atoms with Gasteiger partial charge in [-0.1, -0.05) is 30.3 Å². The number of nitrogens with one attached hydrogen (secondary N) is 1. The van der Waals surface area contributed by atoms with Crippen LogP contribution in [-0.2, 0) is 0 Å². The summed E-state index contributed by atoms with van der Waals surface area (Å²) < 4.78 is 0.829. The first-order chi connectivity index (χ1) is 14.8. The van der Waals surface area contributed by atoms with E-state index in [1.807, 2.05) is 30.3 Å². The van der Waals surface area contributed by atoms with Gasteiger partial charge < -0.3 is 10.4 Å². The molecule has 3 amide bonds. The summed E-state index contributed by atoms with van der Waals surface area (Å²) in [6, 6.07) is 16.4. The highest BCUT2D eigenvalue weighted by Gasteiger charge is 2.39. The lowest BCUT2D eigenvalue weighted by atomic mass is 10.1. The first-order valence-corrected chi connectivity index (χ1v) is 10.9. The number of nitrogens with zero attached hydrogens (tertiary/aromatic N) is 1. The molecule has 3 aromatic carbocycles. The molecule has 0 radical (unpaired) electrons. The minimum atomic E-state index is -0.443. The Balaban J connectivity index is 1.60. The van der Waals surface area contributed by atoms with Gasteiger partial charge in [0.25, 0.3) is 17.7 Å². The zero-order chi connectivity index (χ0) is 22.3. The van der Waals surface area contributed by atoms with E-state index in [-0.39, 0.29) is 28.3 Å². The molecular formula is C23H16Br2N2O4. The van der Waals surface area contributed by atoms with Gasteiger partial charge in [-0.25, -0.2) is 0 Å². The normalized spacial score (nSPS) is 13.8. The minimum absolute atomic E-state index is 0.0206. The van der Waals surface area contributed by atoms with Crippen molar-refractivity contribution in [3.63, 3.8) is 0 Å². The Morgan fingerprint density at radius 1 is 0.935 bits per heavy atom. The highest BCUT2D eigenvalue weighted by Crippen LogP contribution is 2.36. The fraction of sp³-hybridized carbons (Fsp3) is 0.0870. The van der Waals surface area contributed by atoms with Crippen LogP contribution in [0, 0.1) is 0 Å². The van der Waals surface area contributed by atoms with Crippen molar-refractivity contribution in [2.45, 2.75) is 13.0 Å². The molecule has 0 spiro atoms. The van der Waals surface area contributed by atoms with E-state index in [0.29, 0.717) is 14.6 Å². The largest absolute Gasteiger partial charge is 0.506 e. The first kappa shape index (κ1) is 21.3. The SMILES string of the molecule is CC(c1ccccc1)N1C(=O)c2ccc(C(=O)Nc3cc(Br)c(O)c(Br)c3)cc2C1=O. The number of imide groups is 1. The molecule has 31 heavy (non-hydrogen) atoms. The van der Waals surface area contributed by atoms with E-state index in [4.69, 9.17) is 0 Å². The highest BCUT2D eigenvalue weighted by atomic mass is 79.9. The van der Waals surface area contributed by atoms with Gasteiger partial charge in [-0.2, -0.15) is 0 Å². The van der Waals surface area contributed by atoms with E-state index in [1.54, 1.807) is 19.1 Å². The van der Waals surface area contributed by atoms with E-state index < -0.39 is 17.9 Å². The van der Waals surface area contributed by atoms with E-state index in [0.717, 1.165) is 5.56 Å². The average molecular weight is 544 g/mol. The lowest BCUT2D eigenvalue weighted by Gasteiger charge is -2.22. The Labute approximate surface area is 195 Å². The van der Waals surface area contributed by atoms with Gasteiger partial charge in [0.15, 0.2) is 0 Å². The van der Waals surface area contributed by atoms with Crippen molar-refractivity contribution in [1.82, 2.24) is 4.90 Å². The smallest absolute Gasteiger partial charge is 0.262 e. The van der Waals surface area contributed by atoms with E-state index in [9.17, 15) is 19.5 Å². The van der Waals surface area contributed by atoms with Crippen molar-refractivity contribution in [3.05, 3.63) is 91.9 Å². The van der Waals surface area contributed by atoms with E-state index >= 15 is 0 Å². The fourth-order valence-electron chi connectivity index (χ4n) is 3.47. The summed E-state index contributed by atoms with van der Waals surface area (Å²) in [5.41, 5.74) is 2.02. The summed E-state index contributed by atoms with van der Waals surface area (Å²) in [4.78, 5) is 39.8. The standard InChI is InChI=1S/C23H16Br2N2O4/c1-12(13-5-3-2-4-6-13)27-22(30)16-8-7-14(9-17(16)23(27)31)21(29)26-15-10-18(24)20(28)19(25)11-15/h2-12,28H,1H3,(H,26,29). The van der Waals surface area contributed by atoms with Gasteiger partial charge in [-0.05, 0) is 74.7 Å². The molecule has 0 aromatic heterocycles. The summed E-state index contributed by atoms with van der Waals surface area (Å²) in [6.07, 6.45) is 0. The summed E-state index contributed by atoms with van der Waals surface area (Å²) >= 11 is 6.44. The predicted molar refractivity (Wildman–Crippen MR) is 123 cm³/mol. The average Bonchev–Trinajstić information content (AvgIpc) is 3.01. The van der Waals surface area contributed by atoms with Crippen molar-refractivity contribution in [1.29, 1.82) is 0 Å². The van der Waals surface area contributed by atoms with Crippen LogP contribution in [0.1, 0.15) is 49.6 Å². The molecule has 4 rings (SSSR count). The Morgan fingerprint density at radius 3 is 2.19 bits per heavy atom. The number of halogens is 2. The van der Waals surface area contributed by atoms with Crippen LogP contribution in [0.5, 0.6) is 5.75 Å². The number of amides is 3. The number of phenolic OH excluding ortho intramolecular Hbond substituents is 1. The third-order valence-electron chi connectivity index (χ3n) is 5.12. The van der Waals surface area contributed by atoms with Crippen molar-refractivity contribution in [3.8, 4) is 5.75 Å². The zero-order valence-corrected chi connectivity index (χ0v) is 19.4. The molecule has 2 N–H and O–H groups in total. The van der Waals surface area contributed by atoms with Crippen molar-refractivity contribution < 1.29 is 19.5 Å². The molecule has 1 atom stereocenters. The lowest BCUT2D eigenvalue weighted by Crippen LogP contribution is -2.32. The van der Waals surface area contributed by atoms with Gasteiger partial charge in [-0.15, -0.1) is 0 Å². The molecule has 8 heteroatoms. The van der Waals surface area contributed by atoms with Crippen LogP contribution in [-0.4, -0.2) is 27.7 Å². The third-order valence-corrected chi connectivity index (χ3v) is 6.33. The quantitative estimate of drug-likeness (QED) is 0.335. The number of rotatable bonds is 4. The zero-order valence-electron chi connectivity index (χ0n) is 16.2. The lowest BCUT2D eigenvalue weighted by molar-refractivity contribution is 0.0595. The number of carbonyl (C=O) groups excluding carboxylic acids is 3. The third kappa shape index (κ3) is 3.88. The van der Waals surface area contributed by atoms with Crippen LogP contribution in [0.15, 0.2) is 69.6 Å². The van der Waals surface area contributed by atoms with Crippen molar-refractivity contribution in [2.24, 2.45) is 0 Å². The van der Waals surface area contributed by atoms with E-state index in [1.165, 1.54) is 23.1 Å². The maximum atomic E-state index is 13.0. The van der Waals surface area contributed by atoms with E-state index in [2.05, 4.69) is 37.2 Å². The summed E-state index contributed by atoms with van der Waals surface area (Å²) in [6.45, 7) is 1.80. The monoisotopic (exact) mass is 542 g/mol. The summed E-state index contributed by atoms with van der Waals surface area (Å²) in [5, 5.41) is 12.5. The molecule has 1 aliphatic heterocycles.